The predicted molar refractivity (Wildman–Crippen MR) is 177 cm³/mol. The predicted octanol–water partition coefficient (Wildman–Crippen LogP) is 8.41. The first-order chi connectivity index (χ1) is 20.8. The first-order valence-corrected chi connectivity index (χ1v) is 17.2. The number of ketones is 1. The zero-order chi connectivity index (χ0) is 30.8. The highest BCUT2D eigenvalue weighted by atomic mass is 32.2. The van der Waals surface area contributed by atoms with E-state index >= 15 is 0 Å². The molecular weight excluding hydrogens is 556 g/mol. The number of aryl methyl sites for hydroxylation is 2. The van der Waals surface area contributed by atoms with Crippen LogP contribution >= 0.6 is 0 Å². The summed E-state index contributed by atoms with van der Waals surface area (Å²) in [4.78, 5) is 16.5. The van der Waals surface area contributed by atoms with E-state index in [1.54, 1.807) is 36.4 Å². The first kappa shape index (κ1) is 32.5. The van der Waals surface area contributed by atoms with E-state index < -0.39 is 10.0 Å². The van der Waals surface area contributed by atoms with E-state index in [0.29, 0.717) is 47.5 Å². The molecule has 0 unspecified atom stereocenters. The number of furan rings is 1. The normalized spacial score (nSPS) is 11.8. The Balaban J connectivity index is 1.63. The summed E-state index contributed by atoms with van der Waals surface area (Å²) in [6, 6.07) is 21.6. The highest BCUT2D eigenvalue weighted by Gasteiger charge is 2.26. The summed E-state index contributed by atoms with van der Waals surface area (Å²) in [5, 5.41) is 0.805. The van der Waals surface area contributed by atoms with Gasteiger partial charge in [-0.1, -0.05) is 69.5 Å². The van der Waals surface area contributed by atoms with Crippen molar-refractivity contribution in [2.45, 2.75) is 77.5 Å². The van der Waals surface area contributed by atoms with Crippen LogP contribution in [0.5, 0.6) is 0 Å². The van der Waals surface area contributed by atoms with Crippen LogP contribution in [0.25, 0.3) is 11.0 Å². The molecule has 1 heterocycles. The maximum atomic E-state index is 14.0. The molecule has 43 heavy (non-hydrogen) atoms. The number of nitrogens with zero attached hydrogens (tertiary/aromatic N) is 2. The summed E-state index contributed by atoms with van der Waals surface area (Å²) in [5.41, 5.74) is 3.36. The molecule has 0 aliphatic carbocycles. The molecule has 0 atom stereocenters. The third kappa shape index (κ3) is 7.95. The van der Waals surface area contributed by atoms with Crippen molar-refractivity contribution in [2.24, 2.45) is 0 Å². The molecule has 1 aromatic heterocycles. The number of anilines is 1. The van der Waals surface area contributed by atoms with Crippen LogP contribution in [0.15, 0.2) is 82.1 Å². The van der Waals surface area contributed by atoms with Gasteiger partial charge in [-0.2, -0.15) is 0 Å². The van der Waals surface area contributed by atoms with Gasteiger partial charge in [0.2, 0.25) is 0 Å². The molecule has 0 saturated heterocycles. The molecule has 0 N–H and O–H groups in total. The van der Waals surface area contributed by atoms with Gasteiger partial charge >= 0.3 is 0 Å². The lowest BCUT2D eigenvalue weighted by atomic mass is 9.98. The number of rotatable bonds is 17. The fourth-order valence-corrected chi connectivity index (χ4v) is 6.94. The Morgan fingerprint density at radius 3 is 2.00 bits per heavy atom. The van der Waals surface area contributed by atoms with E-state index in [1.165, 1.54) is 4.31 Å². The average Bonchev–Trinajstić information content (AvgIpc) is 3.38. The number of para-hydroxylation sites is 1. The Morgan fingerprint density at radius 2 is 1.37 bits per heavy atom. The molecule has 6 nitrogen and oxygen atoms in total. The van der Waals surface area contributed by atoms with Gasteiger partial charge in [0, 0.05) is 23.9 Å². The van der Waals surface area contributed by atoms with E-state index in [0.717, 1.165) is 62.7 Å². The number of sulfonamides is 1. The third-order valence-corrected chi connectivity index (χ3v) is 9.73. The molecule has 0 aliphatic rings. The van der Waals surface area contributed by atoms with Gasteiger partial charge in [0.25, 0.3) is 10.0 Å². The summed E-state index contributed by atoms with van der Waals surface area (Å²) in [5.74, 6) is 0.576. The lowest BCUT2D eigenvalue weighted by Crippen LogP contribution is -2.35. The number of hydrogen-bond acceptors (Lipinski definition) is 5. The number of carbonyl (C=O) groups is 1. The van der Waals surface area contributed by atoms with Gasteiger partial charge in [0.1, 0.15) is 11.3 Å². The number of unbranched alkanes of at least 4 members (excludes halogenated alkanes) is 2. The standard InChI is InChI=1S/C36H46N2O4S/c1-5-8-24-37(25-9-6-2)26-12-27-38(43(40,41)31-22-16-28(4)17-23-31)30-20-18-29(19-21-30)36(39)35-32-14-10-11-15-33(32)42-34(35)13-7-3/h10-11,14-23H,5-9,12-13,24-27H2,1-4H3. The second-order valence-electron chi connectivity index (χ2n) is 11.3. The third-order valence-electron chi connectivity index (χ3n) is 7.89. The Kier molecular flexibility index (Phi) is 11.6. The molecule has 0 saturated carbocycles. The Bertz CT molecular complexity index is 1570. The van der Waals surface area contributed by atoms with Crippen molar-refractivity contribution in [1.82, 2.24) is 4.90 Å². The minimum absolute atomic E-state index is 0.115. The molecule has 0 fully saturated rings. The zero-order valence-corrected chi connectivity index (χ0v) is 27.0. The van der Waals surface area contributed by atoms with Gasteiger partial charge in [-0.05, 0) is 94.7 Å². The minimum Gasteiger partial charge on any atom is -0.460 e. The van der Waals surface area contributed by atoms with Crippen LogP contribution in [0.1, 0.15) is 86.5 Å². The summed E-state index contributed by atoms with van der Waals surface area (Å²) in [6.45, 7) is 11.6. The van der Waals surface area contributed by atoms with E-state index in [1.807, 2.05) is 43.3 Å². The molecule has 230 valence electrons. The molecule has 0 spiro atoms. The molecule has 0 radical (unpaired) electrons. The summed E-state index contributed by atoms with van der Waals surface area (Å²) in [6.07, 6.45) is 6.78. The molecule has 0 aliphatic heterocycles. The van der Waals surface area contributed by atoms with Crippen LogP contribution in [-0.2, 0) is 16.4 Å². The minimum atomic E-state index is -3.81. The topological polar surface area (TPSA) is 70.8 Å². The Morgan fingerprint density at radius 1 is 0.744 bits per heavy atom. The van der Waals surface area contributed by atoms with Crippen molar-refractivity contribution in [2.75, 3.05) is 30.5 Å². The van der Waals surface area contributed by atoms with Crippen molar-refractivity contribution in [3.63, 3.8) is 0 Å². The number of carbonyl (C=O) groups excluding carboxylic acids is 1. The lowest BCUT2D eigenvalue weighted by molar-refractivity contribution is 0.103. The van der Waals surface area contributed by atoms with Gasteiger partial charge in [-0.15, -0.1) is 0 Å². The van der Waals surface area contributed by atoms with Crippen LogP contribution in [-0.4, -0.2) is 45.3 Å². The highest BCUT2D eigenvalue weighted by molar-refractivity contribution is 7.92. The lowest BCUT2D eigenvalue weighted by Gasteiger charge is -2.27. The summed E-state index contributed by atoms with van der Waals surface area (Å²) in [7, 11) is -3.81. The van der Waals surface area contributed by atoms with Gasteiger partial charge in [0.15, 0.2) is 5.78 Å². The zero-order valence-electron chi connectivity index (χ0n) is 26.1. The fourth-order valence-electron chi connectivity index (χ4n) is 5.43. The van der Waals surface area contributed by atoms with E-state index in [4.69, 9.17) is 4.42 Å². The van der Waals surface area contributed by atoms with Crippen LogP contribution in [0.4, 0.5) is 5.69 Å². The second kappa shape index (κ2) is 15.3. The second-order valence-corrected chi connectivity index (χ2v) is 13.2. The summed E-state index contributed by atoms with van der Waals surface area (Å²) < 4.78 is 35.5. The average molecular weight is 603 g/mol. The number of hydrogen-bond donors (Lipinski definition) is 0. The first-order valence-electron chi connectivity index (χ1n) is 15.8. The van der Waals surface area contributed by atoms with Crippen molar-refractivity contribution in [3.05, 3.63) is 95.2 Å². The van der Waals surface area contributed by atoms with Crippen molar-refractivity contribution in [3.8, 4) is 0 Å². The van der Waals surface area contributed by atoms with Crippen LogP contribution < -0.4 is 4.31 Å². The Labute approximate surface area is 257 Å². The largest absolute Gasteiger partial charge is 0.460 e. The van der Waals surface area contributed by atoms with E-state index in [2.05, 4.69) is 25.7 Å². The maximum absolute atomic E-state index is 14.0. The Hall–Kier alpha value is -3.42. The van der Waals surface area contributed by atoms with Crippen LogP contribution in [0, 0.1) is 6.92 Å². The molecular formula is C36H46N2O4S. The van der Waals surface area contributed by atoms with Gasteiger partial charge in [-0.25, -0.2) is 8.42 Å². The monoisotopic (exact) mass is 602 g/mol. The van der Waals surface area contributed by atoms with Gasteiger partial charge < -0.3 is 9.32 Å². The molecule has 7 heteroatoms. The molecule has 4 rings (SSSR count). The fraction of sp³-hybridized carbons (Fsp3) is 0.417. The molecule has 3 aromatic carbocycles. The highest BCUT2D eigenvalue weighted by Crippen LogP contribution is 2.31. The summed E-state index contributed by atoms with van der Waals surface area (Å²) >= 11 is 0. The van der Waals surface area contributed by atoms with E-state index in [9.17, 15) is 13.2 Å². The van der Waals surface area contributed by atoms with E-state index in [-0.39, 0.29) is 10.7 Å². The number of benzene rings is 3. The SMILES string of the molecule is CCCCN(CCCC)CCCN(c1ccc(C(=O)c2c(CCC)oc3ccccc23)cc1)S(=O)(=O)c1ccc(C)cc1. The molecule has 0 bridgehead atoms. The van der Waals surface area contributed by atoms with Crippen LogP contribution in [0.3, 0.4) is 0 Å². The van der Waals surface area contributed by atoms with Gasteiger partial charge in [-0.3, -0.25) is 9.10 Å². The van der Waals surface area contributed by atoms with Crippen molar-refractivity contribution >= 4 is 32.5 Å². The maximum Gasteiger partial charge on any atom is 0.264 e. The van der Waals surface area contributed by atoms with Crippen LogP contribution in [0.2, 0.25) is 0 Å². The molecule has 4 aromatic rings. The number of fused-ring (bicyclic) bond motifs is 1. The van der Waals surface area contributed by atoms with Crippen molar-refractivity contribution < 1.29 is 17.6 Å². The van der Waals surface area contributed by atoms with Crippen molar-refractivity contribution in [1.29, 1.82) is 0 Å². The molecule has 0 amide bonds. The van der Waals surface area contributed by atoms with Gasteiger partial charge in [0.05, 0.1) is 16.1 Å². The quantitative estimate of drug-likeness (QED) is 0.114. The smallest absolute Gasteiger partial charge is 0.264 e.